The van der Waals surface area contributed by atoms with Crippen LogP contribution in [0.25, 0.3) is 0 Å². The van der Waals surface area contributed by atoms with E-state index in [-0.39, 0.29) is 0 Å². The zero-order valence-electron chi connectivity index (χ0n) is 9.80. The molecule has 0 aliphatic heterocycles. The molecule has 0 heterocycles. The van der Waals surface area contributed by atoms with Gasteiger partial charge in [0.25, 0.3) is 0 Å². The molecule has 0 unspecified atom stereocenters. The van der Waals surface area contributed by atoms with E-state index in [0.29, 0.717) is 0 Å². The molecule has 2 aliphatic rings. The summed E-state index contributed by atoms with van der Waals surface area (Å²) in [5, 5.41) is 0. The predicted molar refractivity (Wildman–Crippen MR) is 64.7 cm³/mol. The van der Waals surface area contributed by atoms with E-state index in [2.05, 4.69) is 51.2 Å². The van der Waals surface area contributed by atoms with Crippen molar-refractivity contribution in [1.82, 2.24) is 0 Å². The molecular weight excluding hydrogens is 259 g/mol. The molecule has 78 valence electrons. The monoisotopic (exact) mass is 276 g/mol. The Hall–Kier alpha value is -0.287. The van der Waals surface area contributed by atoms with Gasteiger partial charge < -0.3 is 0 Å². The summed E-state index contributed by atoms with van der Waals surface area (Å²) < 4.78 is 5.23. The van der Waals surface area contributed by atoms with Crippen molar-refractivity contribution >= 4 is 3.21 Å². The molecule has 0 fully saturated rings. The van der Waals surface area contributed by atoms with Crippen molar-refractivity contribution in [2.24, 2.45) is 0 Å². The minimum absolute atomic E-state index is 1.22. The Morgan fingerprint density at radius 3 is 2.47 bits per heavy atom. The third-order valence-electron chi connectivity index (χ3n) is 2.96. The molecule has 2 aliphatic carbocycles. The maximum atomic E-state index is 2.45. The standard InChI is InChI=1S/C6H7.C5H5.C3H6.Zr/c1-6-4-2-3-5-6;1-2-4-5-3-1;1-3-2;/h4-5H,2H2,1H3;1-3H,4H2;1-2H3;. The minimum atomic E-state index is -1.55. The van der Waals surface area contributed by atoms with Crippen LogP contribution in [-0.2, 0) is 21.3 Å². The van der Waals surface area contributed by atoms with Gasteiger partial charge in [-0.05, 0) is 0 Å². The number of rotatable bonds is 2. The van der Waals surface area contributed by atoms with Crippen LogP contribution in [-0.4, -0.2) is 3.21 Å². The van der Waals surface area contributed by atoms with Gasteiger partial charge in [0.1, 0.15) is 0 Å². The quantitative estimate of drug-likeness (QED) is 0.718. The summed E-state index contributed by atoms with van der Waals surface area (Å²) in [6.45, 7) is 6.89. The number of allylic oxidation sites excluding steroid dienone is 8. The second kappa shape index (κ2) is 4.70. The molecule has 0 aromatic rings. The predicted octanol–water partition coefficient (Wildman–Crippen LogP) is 3.89. The molecule has 0 aromatic carbocycles. The summed E-state index contributed by atoms with van der Waals surface area (Å²) in [5.74, 6) is 0. The Balaban J connectivity index is 2.31. The van der Waals surface area contributed by atoms with Gasteiger partial charge in [-0.1, -0.05) is 0 Å². The molecule has 0 saturated carbocycles. The summed E-state index contributed by atoms with van der Waals surface area (Å²) in [7, 11) is 0. The first-order chi connectivity index (χ1) is 7.18. The third-order valence-corrected chi connectivity index (χ3v) is 10.3. The van der Waals surface area contributed by atoms with Crippen LogP contribution in [0, 0.1) is 0 Å². The van der Waals surface area contributed by atoms with E-state index in [1.807, 2.05) is 0 Å². The van der Waals surface area contributed by atoms with Crippen LogP contribution in [0.4, 0.5) is 0 Å². The average molecular weight is 278 g/mol. The molecule has 0 saturated heterocycles. The van der Waals surface area contributed by atoms with E-state index in [0.717, 1.165) is 0 Å². The maximum absolute atomic E-state index is 2.45. The van der Waals surface area contributed by atoms with E-state index < -0.39 is 21.3 Å². The third kappa shape index (κ3) is 2.45. The van der Waals surface area contributed by atoms with Gasteiger partial charge >= 0.3 is 101 Å². The SMILES string of the molecule is CC1=CC[C]([Zr]([C]2=CC=CC2)=[C](C)C)=C1. The molecule has 0 amide bonds. The van der Waals surface area contributed by atoms with Crippen LogP contribution >= 0.6 is 0 Å². The molecule has 0 bridgehead atoms. The molecule has 0 radical (unpaired) electrons. The molecule has 0 spiro atoms. The first-order valence-corrected chi connectivity index (χ1v) is 9.28. The molecule has 0 nitrogen and oxygen atoms in total. The average Bonchev–Trinajstić information content (AvgIpc) is 2.77. The number of hydrogen-bond donors (Lipinski definition) is 0. The normalized spacial score (nSPS) is 18.7. The fraction of sp³-hybridized carbons (Fsp3) is 0.357. The van der Waals surface area contributed by atoms with Gasteiger partial charge in [-0.2, -0.15) is 0 Å². The molecular formula is C14H18Zr. The van der Waals surface area contributed by atoms with Gasteiger partial charge in [0.15, 0.2) is 0 Å². The van der Waals surface area contributed by atoms with E-state index in [1.165, 1.54) is 18.4 Å². The van der Waals surface area contributed by atoms with E-state index >= 15 is 0 Å². The zero-order valence-corrected chi connectivity index (χ0v) is 12.3. The van der Waals surface area contributed by atoms with Crippen LogP contribution in [0.15, 0.2) is 42.5 Å². The topological polar surface area (TPSA) is 0 Å². The first kappa shape index (κ1) is 11.2. The van der Waals surface area contributed by atoms with Crippen molar-refractivity contribution in [3.63, 3.8) is 0 Å². The molecule has 0 N–H and O–H groups in total. The zero-order chi connectivity index (χ0) is 10.8. The first-order valence-electron chi connectivity index (χ1n) is 5.59. The van der Waals surface area contributed by atoms with E-state index in [9.17, 15) is 0 Å². The van der Waals surface area contributed by atoms with Crippen LogP contribution in [0.5, 0.6) is 0 Å². The molecule has 0 atom stereocenters. The van der Waals surface area contributed by atoms with Gasteiger partial charge in [-0.3, -0.25) is 0 Å². The van der Waals surface area contributed by atoms with Crippen molar-refractivity contribution in [2.45, 2.75) is 33.6 Å². The van der Waals surface area contributed by atoms with Crippen LogP contribution in [0.1, 0.15) is 33.6 Å². The van der Waals surface area contributed by atoms with E-state index in [4.69, 9.17) is 0 Å². The summed E-state index contributed by atoms with van der Waals surface area (Å²) in [6.07, 6.45) is 14.2. The summed E-state index contributed by atoms with van der Waals surface area (Å²) in [4.78, 5) is 0. The second-order valence-corrected chi connectivity index (χ2v) is 12.0. The fourth-order valence-corrected chi connectivity index (χ4v) is 9.59. The van der Waals surface area contributed by atoms with Crippen molar-refractivity contribution < 1.29 is 21.3 Å². The van der Waals surface area contributed by atoms with Crippen molar-refractivity contribution in [2.75, 3.05) is 0 Å². The summed E-state index contributed by atoms with van der Waals surface area (Å²) in [5.41, 5.74) is 1.47. The molecule has 1 heteroatoms. The molecule has 15 heavy (non-hydrogen) atoms. The molecule has 2 rings (SSSR count). The Labute approximate surface area is 100 Å². The van der Waals surface area contributed by atoms with Gasteiger partial charge in [0.2, 0.25) is 0 Å². The fourth-order valence-electron chi connectivity index (χ4n) is 2.32. The Morgan fingerprint density at radius 2 is 2.00 bits per heavy atom. The van der Waals surface area contributed by atoms with E-state index in [1.54, 1.807) is 9.77 Å². The van der Waals surface area contributed by atoms with Gasteiger partial charge in [0.05, 0.1) is 0 Å². The molecule has 0 aromatic heterocycles. The van der Waals surface area contributed by atoms with Crippen LogP contribution < -0.4 is 0 Å². The van der Waals surface area contributed by atoms with Gasteiger partial charge in [0, 0.05) is 0 Å². The van der Waals surface area contributed by atoms with Gasteiger partial charge in [-0.15, -0.1) is 0 Å². The second-order valence-electron chi connectivity index (χ2n) is 4.52. The Morgan fingerprint density at radius 1 is 1.20 bits per heavy atom. The van der Waals surface area contributed by atoms with Gasteiger partial charge in [-0.25, -0.2) is 0 Å². The Bertz CT molecular complexity index is 424. The number of hydrogen-bond acceptors (Lipinski definition) is 0. The summed E-state index contributed by atoms with van der Waals surface area (Å²) >= 11 is -1.55. The van der Waals surface area contributed by atoms with Crippen molar-refractivity contribution in [3.8, 4) is 0 Å². The Kier molecular flexibility index (Phi) is 3.51. The van der Waals surface area contributed by atoms with Crippen LogP contribution in [0.3, 0.4) is 0 Å². The van der Waals surface area contributed by atoms with Crippen molar-refractivity contribution in [3.05, 3.63) is 42.5 Å². The van der Waals surface area contributed by atoms with Crippen LogP contribution in [0.2, 0.25) is 0 Å². The van der Waals surface area contributed by atoms with Crippen molar-refractivity contribution in [1.29, 1.82) is 0 Å². The summed E-state index contributed by atoms with van der Waals surface area (Å²) in [6, 6.07) is 0.